The number of nitrogens with one attached hydrogen (secondary N) is 1. The van der Waals surface area contributed by atoms with Crippen LogP contribution in [-0.2, 0) is 12.8 Å². The second-order valence-corrected chi connectivity index (χ2v) is 7.78. The number of carbonyl (C=O) groups excluding carboxylic acids is 1. The summed E-state index contributed by atoms with van der Waals surface area (Å²) in [6.45, 7) is 6.30. The molecule has 6 heteroatoms. The molecule has 1 N–H and O–H groups in total. The van der Waals surface area contributed by atoms with Crippen molar-refractivity contribution in [2.45, 2.75) is 32.1 Å². The highest BCUT2D eigenvalue weighted by molar-refractivity contribution is 6.03. The Morgan fingerprint density at radius 2 is 2.03 bits per heavy atom. The monoisotopic (exact) mass is 413 g/mol. The summed E-state index contributed by atoms with van der Waals surface area (Å²) in [6, 6.07) is 8.92. The fourth-order valence-corrected chi connectivity index (χ4v) is 3.79. The van der Waals surface area contributed by atoms with Gasteiger partial charge in [-0.15, -0.1) is 6.58 Å². The molecule has 0 spiro atoms. The first kappa shape index (κ1) is 22.0. The molecular formula is C24H29F2N3O. The Morgan fingerprint density at radius 3 is 2.80 bits per heavy atom. The van der Waals surface area contributed by atoms with Gasteiger partial charge in [0.25, 0.3) is 0 Å². The molecule has 1 heterocycles. The van der Waals surface area contributed by atoms with Gasteiger partial charge in [-0.2, -0.15) is 0 Å². The van der Waals surface area contributed by atoms with Crippen molar-refractivity contribution in [3.05, 3.63) is 71.8 Å². The van der Waals surface area contributed by atoms with Crippen LogP contribution in [0.25, 0.3) is 0 Å². The molecule has 0 fully saturated rings. The molecule has 0 atom stereocenters. The van der Waals surface area contributed by atoms with E-state index in [1.165, 1.54) is 24.5 Å². The lowest BCUT2D eigenvalue weighted by Crippen LogP contribution is -2.33. The van der Waals surface area contributed by atoms with Crippen LogP contribution in [0.1, 0.15) is 30.4 Å². The number of likely N-dealkylation sites (N-methyl/N-ethyl adjacent to an activating group) is 1. The van der Waals surface area contributed by atoms with Crippen LogP contribution >= 0.6 is 0 Å². The molecule has 0 saturated carbocycles. The first-order chi connectivity index (χ1) is 14.5. The number of rotatable bonds is 9. The van der Waals surface area contributed by atoms with E-state index in [9.17, 15) is 13.6 Å². The molecular weight excluding hydrogens is 384 g/mol. The highest BCUT2D eigenvalue weighted by Gasteiger charge is 2.25. The third-order valence-corrected chi connectivity index (χ3v) is 5.40. The Hall–Kier alpha value is -2.73. The van der Waals surface area contributed by atoms with Gasteiger partial charge in [-0.1, -0.05) is 24.6 Å². The largest absolute Gasteiger partial charge is 0.326 e. The molecule has 2 aromatic rings. The molecule has 0 saturated heterocycles. The molecule has 0 aromatic heterocycles. The maximum Gasteiger partial charge on any atom is 0.326 e. The predicted octanol–water partition coefficient (Wildman–Crippen LogP) is 5.39. The van der Waals surface area contributed by atoms with Crippen molar-refractivity contribution in [2.24, 2.45) is 0 Å². The van der Waals surface area contributed by atoms with Gasteiger partial charge in [0.2, 0.25) is 0 Å². The average molecular weight is 414 g/mol. The van der Waals surface area contributed by atoms with Crippen molar-refractivity contribution in [1.29, 1.82) is 0 Å². The number of carbonyl (C=O) groups is 1. The smallest absolute Gasteiger partial charge is 0.305 e. The average Bonchev–Trinajstić information content (AvgIpc) is 3.13. The Morgan fingerprint density at radius 1 is 1.20 bits per heavy atom. The van der Waals surface area contributed by atoms with E-state index >= 15 is 0 Å². The summed E-state index contributed by atoms with van der Waals surface area (Å²) in [5, 5.41) is 2.54. The zero-order valence-electron chi connectivity index (χ0n) is 17.5. The molecule has 30 heavy (non-hydrogen) atoms. The molecule has 2 amide bonds. The van der Waals surface area contributed by atoms with Gasteiger partial charge in [-0.25, -0.2) is 13.6 Å². The molecule has 2 aromatic carbocycles. The van der Waals surface area contributed by atoms with Gasteiger partial charge in [-0.3, -0.25) is 4.90 Å². The van der Waals surface area contributed by atoms with Crippen LogP contribution in [-0.4, -0.2) is 37.6 Å². The van der Waals surface area contributed by atoms with Gasteiger partial charge in [0, 0.05) is 24.8 Å². The van der Waals surface area contributed by atoms with Crippen LogP contribution in [0, 0.1) is 11.6 Å². The SMILES string of the molecule is C=CCN(C)CCCCCc1ccc2c(c1)CCN2C(=O)Nc1ccc(F)cc1F. The Bertz CT molecular complexity index is 900. The summed E-state index contributed by atoms with van der Waals surface area (Å²) in [6.07, 6.45) is 7.19. The van der Waals surface area contributed by atoms with Gasteiger partial charge in [0.15, 0.2) is 0 Å². The Balaban J connectivity index is 1.52. The van der Waals surface area contributed by atoms with E-state index in [1.807, 2.05) is 12.1 Å². The number of hydrogen-bond acceptors (Lipinski definition) is 2. The predicted molar refractivity (Wildman–Crippen MR) is 118 cm³/mol. The minimum absolute atomic E-state index is 0.0230. The number of nitrogens with zero attached hydrogens (tertiary/aromatic N) is 2. The standard InChI is InChI=1S/C24H29F2N3O/c1-3-13-28(2)14-6-4-5-7-18-8-11-23-19(16-18)12-15-29(23)24(30)27-22-10-9-20(25)17-21(22)26/h3,8-11,16-17H,1,4-7,12-15H2,2H3,(H,27,30). The quantitative estimate of drug-likeness (QED) is 0.442. The maximum atomic E-state index is 13.8. The lowest BCUT2D eigenvalue weighted by molar-refractivity contribution is 0.257. The van der Waals surface area contributed by atoms with E-state index < -0.39 is 17.7 Å². The number of amides is 2. The van der Waals surface area contributed by atoms with E-state index in [-0.39, 0.29) is 5.69 Å². The molecule has 4 nitrogen and oxygen atoms in total. The third kappa shape index (κ3) is 5.66. The van der Waals surface area contributed by atoms with E-state index in [2.05, 4.69) is 36.0 Å². The zero-order valence-corrected chi connectivity index (χ0v) is 17.5. The van der Waals surface area contributed by atoms with Crippen LogP contribution in [0.5, 0.6) is 0 Å². The normalized spacial score (nSPS) is 12.9. The van der Waals surface area contributed by atoms with Gasteiger partial charge in [0.1, 0.15) is 11.6 Å². The number of anilines is 2. The van der Waals surface area contributed by atoms with Crippen LogP contribution in [0.2, 0.25) is 0 Å². The van der Waals surface area contributed by atoms with E-state index in [0.717, 1.165) is 55.7 Å². The number of urea groups is 1. The summed E-state index contributed by atoms with van der Waals surface area (Å²) in [4.78, 5) is 16.5. The summed E-state index contributed by atoms with van der Waals surface area (Å²) in [5.41, 5.74) is 3.24. The van der Waals surface area contributed by atoms with Crippen molar-refractivity contribution in [3.8, 4) is 0 Å². The van der Waals surface area contributed by atoms with Crippen LogP contribution in [0.15, 0.2) is 49.1 Å². The molecule has 1 aliphatic rings. The topological polar surface area (TPSA) is 35.6 Å². The summed E-state index contributed by atoms with van der Waals surface area (Å²) >= 11 is 0. The summed E-state index contributed by atoms with van der Waals surface area (Å²) in [5.74, 6) is -1.46. The highest BCUT2D eigenvalue weighted by atomic mass is 19.1. The van der Waals surface area contributed by atoms with Crippen molar-refractivity contribution >= 4 is 17.4 Å². The first-order valence-corrected chi connectivity index (χ1v) is 10.4. The number of hydrogen-bond donors (Lipinski definition) is 1. The van der Waals surface area contributed by atoms with Crippen molar-refractivity contribution in [2.75, 3.05) is 36.9 Å². The number of aryl methyl sites for hydroxylation is 1. The van der Waals surface area contributed by atoms with E-state index in [1.54, 1.807) is 4.90 Å². The third-order valence-electron chi connectivity index (χ3n) is 5.40. The lowest BCUT2D eigenvalue weighted by atomic mass is 10.0. The van der Waals surface area contributed by atoms with Gasteiger partial charge in [0.05, 0.1) is 5.69 Å². The maximum absolute atomic E-state index is 13.8. The fraction of sp³-hybridized carbons (Fsp3) is 0.375. The van der Waals surface area contributed by atoms with Crippen LogP contribution in [0.4, 0.5) is 25.0 Å². The van der Waals surface area contributed by atoms with Crippen LogP contribution < -0.4 is 10.2 Å². The van der Waals surface area contributed by atoms with Crippen molar-refractivity contribution in [1.82, 2.24) is 4.90 Å². The number of fused-ring (bicyclic) bond motifs is 1. The fourth-order valence-electron chi connectivity index (χ4n) is 3.79. The summed E-state index contributed by atoms with van der Waals surface area (Å²) in [7, 11) is 2.11. The summed E-state index contributed by atoms with van der Waals surface area (Å²) < 4.78 is 26.9. The Kier molecular flexibility index (Phi) is 7.57. The zero-order chi connectivity index (χ0) is 21.5. The van der Waals surface area contributed by atoms with Gasteiger partial charge in [-0.05, 0) is 68.6 Å². The second kappa shape index (κ2) is 10.3. The minimum atomic E-state index is -0.784. The van der Waals surface area contributed by atoms with Crippen LogP contribution in [0.3, 0.4) is 0 Å². The molecule has 0 radical (unpaired) electrons. The molecule has 0 bridgehead atoms. The minimum Gasteiger partial charge on any atom is -0.305 e. The second-order valence-electron chi connectivity index (χ2n) is 7.78. The van der Waals surface area contributed by atoms with Gasteiger partial charge >= 0.3 is 6.03 Å². The number of halogens is 2. The van der Waals surface area contributed by atoms with Crippen molar-refractivity contribution in [3.63, 3.8) is 0 Å². The van der Waals surface area contributed by atoms with Gasteiger partial charge < -0.3 is 10.2 Å². The molecule has 3 rings (SSSR count). The lowest BCUT2D eigenvalue weighted by Gasteiger charge is -2.18. The van der Waals surface area contributed by atoms with E-state index in [4.69, 9.17) is 0 Å². The number of unbranched alkanes of at least 4 members (excludes halogenated alkanes) is 2. The Labute approximate surface area is 177 Å². The molecule has 1 aliphatic heterocycles. The highest BCUT2D eigenvalue weighted by Crippen LogP contribution is 2.30. The van der Waals surface area contributed by atoms with Crippen molar-refractivity contribution < 1.29 is 13.6 Å². The molecule has 0 unspecified atom stereocenters. The molecule has 0 aliphatic carbocycles. The molecule has 160 valence electrons. The first-order valence-electron chi connectivity index (χ1n) is 10.4. The number of benzene rings is 2. The van der Waals surface area contributed by atoms with E-state index in [0.29, 0.717) is 6.54 Å².